The molecule has 0 atom stereocenters. The number of benzene rings is 2. The van der Waals surface area contributed by atoms with E-state index in [0.29, 0.717) is 22.4 Å². The summed E-state index contributed by atoms with van der Waals surface area (Å²) in [5, 5.41) is 13.8. The van der Waals surface area contributed by atoms with Crippen LogP contribution in [-0.4, -0.2) is 23.5 Å². The molecule has 0 saturated carbocycles. The van der Waals surface area contributed by atoms with Crippen LogP contribution in [0, 0.1) is 10.1 Å². The second-order valence-corrected chi connectivity index (χ2v) is 5.05. The molecule has 0 aliphatic heterocycles. The molecule has 23 heavy (non-hydrogen) atoms. The number of allylic oxidation sites excluding steroid dienone is 1. The highest BCUT2D eigenvalue weighted by atomic mass is 16.6. The fourth-order valence-corrected chi connectivity index (χ4v) is 2.57. The highest BCUT2D eigenvalue weighted by Gasteiger charge is 2.32. The SMILES string of the molecule is CNc1ccc(C=C2C(=O)c3ccccc3C2=O)cc1[N+](=O)[O-]. The van der Waals surface area contributed by atoms with Gasteiger partial charge in [0.25, 0.3) is 5.69 Å². The molecule has 0 unspecified atom stereocenters. The number of nitro benzene ring substituents is 1. The number of anilines is 1. The minimum absolute atomic E-state index is 0.0257. The molecular weight excluding hydrogens is 296 g/mol. The quantitative estimate of drug-likeness (QED) is 0.407. The van der Waals surface area contributed by atoms with Gasteiger partial charge in [-0.3, -0.25) is 19.7 Å². The topological polar surface area (TPSA) is 89.3 Å². The molecule has 1 aliphatic rings. The normalized spacial score (nSPS) is 13.0. The summed E-state index contributed by atoms with van der Waals surface area (Å²) in [6.07, 6.45) is 1.40. The lowest BCUT2D eigenvalue weighted by Gasteiger charge is -2.03. The van der Waals surface area contributed by atoms with E-state index in [9.17, 15) is 19.7 Å². The number of nitrogens with zero attached hydrogens (tertiary/aromatic N) is 1. The van der Waals surface area contributed by atoms with E-state index in [1.54, 1.807) is 43.4 Å². The molecule has 0 heterocycles. The van der Waals surface area contributed by atoms with Crippen LogP contribution in [0.4, 0.5) is 11.4 Å². The van der Waals surface area contributed by atoms with E-state index in [0.717, 1.165) is 0 Å². The number of nitrogens with one attached hydrogen (secondary N) is 1. The zero-order valence-electron chi connectivity index (χ0n) is 12.2. The fraction of sp³-hybridized carbons (Fsp3) is 0.0588. The number of nitro groups is 1. The Morgan fingerprint density at radius 1 is 1.04 bits per heavy atom. The van der Waals surface area contributed by atoms with Gasteiger partial charge in [0.2, 0.25) is 0 Å². The predicted octanol–water partition coefficient (Wildman–Crippen LogP) is 3.10. The van der Waals surface area contributed by atoms with E-state index in [2.05, 4.69) is 5.32 Å². The van der Waals surface area contributed by atoms with Crippen molar-refractivity contribution in [3.63, 3.8) is 0 Å². The van der Waals surface area contributed by atoms with Crippen molar-refractivity contribution in [1.29, 1.82) is 0 Å². The van der Waals surface area contributed by atoms with Crippen LogP contribution in [0.3, 0.4) is 0 Å². The third-order valence-corrected chi connectivity index (χ3v) is 3.70. The number of Topliss-reactive ketones (excluding diaryl/α,β-unsaturated/α-hetero) is 2. The minimum atomic E-state index is -0.513. The summed E-state index contributed by atoms with van der Waals surface area (Å²) in [7, 11) is 1.58. The van der Waals surface area contributed by atoms with E-state index >= 15 is 0 Å². The Bertz CT molecular complexity index is 847. The number of carbonyl (C=O) groups excluding carboxylic acids is 2. The number of hydrogen-bond donors (Lipinski definition) is 1. The average molecular weight is 308 g/mol. The highest BCUT2D eigenvalue weighted by molar-refractivity contribution is 6.41. The second-order valence-electron chi connectivity index (χ2n) is 5.05. The Morgan fingerprint density at radius 2 is 1.65 bits per heavy atom. The van der Waals surface area contributed by atoms with Crippen molar-refractivity contribution in [2.45, 2.75) is 0 Å². The van der Waals surface area contributed by atoms with E-state index in [1.807, 2.05) is 0 Å². The van der Waals surface area contributed by atoms with Crippen molar-refractivity contribution >= 4 is 29.0 Å². The Balaban J connectivity index is 2.07. The lowest BCUT2D eigenvalue weighted by Crippen LogP contribution is -2.01. The maximum absolute atomic E-state index is 12.3. The van der Waals surface area contributed by atoms with E-state index in [-0.39, 0.29) is 22.8 Å². The standard InChI is InChI=1S/C17H12N2O4/c1-18-14-7-6-10(9-15(14)19(22)23)8-13-16(20)11-4-2-3-5-12(11)17(13)21/h2-9,18H,1H3. The summed E-state index contributed by atoms with van der Waals surface area (Å²) in [5.41, 5.74) is 1.44. The van der Waals surface area contributed by atoms with Gasteiger partial charge in [-0.1, -0.05) is 30.3 Å². The van der Waals surface area contributed by atoms with Crippen molar-refractivity contribution in [1.82, 2.24) is 0 Å². The molecule has 2 aromatic carbocycles. The molecule has 0 radical (unpaired) electrons. The molecule has 0 saturated heterocycles. The van der Waals surface area contributed by atoms with Gasteiger partial charge in [-0.15, -0.1) is 0 Å². The Morgan fingerprint density at radius 3 is 2.17 bits per heavy atom. The molecule has 0 amide bonds. The van der Waals surface area contributed by atoms with Crippen molar-refractivity contribution in [2.24, 2.45) is 0 Å². The summed E-state index contributed by atoms with van der Waals surface area (Å²) in [6, 6.07) is 11.1. The van der Waals surface area contributed by atoms with Gasteiger partial charge in [0.05, 0.1) is 10.5 Å². The zero-order chi connectivity index (χ0) is 16.6. The van der Waals surface area contributed by atoms with Crippen LogP contribution in [-0.2, 0) is 0 Å². The van der Waals surface area contributed by atoms with Gasteiger partial charge in [-0.25, -0.2) is 0 Å². The maximum atomic E-state index is 12.3. The smallest absolute Gasteiger partial charge is 0.292 e. The van der Waals surface area contributed by atoms with Gasteiger partial charge in [0.15, 0.2) is 11.6 Å². The van der Waals surface area contributed by atoms with Crippen molar-refractivity contribution in [3.05, 3.63) is 74.8 Å². The molecular formula is C17H12N2O4. The first-order valence-corrected chi connectivity index (χ1v) is 6.89. The number of hydrogen-bond acceptors (Lipinski definition) is 5. The summed E-state index contributed by atoms with van der Waals surface area (Å²) in [6.45, 7) is 0. The number of carbonyl (C=O) groups is 2. The Kier molecular flexibility index (Phi) is 3.50. The second kappa shape index (κ2) is 5.49. The summed E-state index contributed by atoms with van der Waals surface area (Å²) in [5.74, 6) is -0.711. The van der Waals surface area contributed by atoms with E-state index in [1.165, 1.54) is 12.1 Å². The summed E-state index contributed by atoms with van der Waals surface area (Å²) >= 11 is 0. The first-order valence-electron chi connectivity index (χ1n) is 6.89. The maximum Gasteiger partial charge on any atom is 0.292 e. The van der Waals surface area contributed by atoms with Crippen molar-refractivity contribution in [3.8, 4) is 0 Å². The van der Waals surface area contributed by atoms with Crippen LogP contribution in [0.2, 0.25) is 0 Å². The number of ketones is 2. The lowest BCUT2D eigenvalue weighted by molar-refractivity contribution is -0.384. The first-order chi connectivity index (χ1) is 11.0. The fourth-order valence-electron chi connectivity index (χ4n) is 2.57. The zero-order valence-corrected chi connectivity index (χ0v) is 12.2. The third-order valence-electron chi connectivity index (χ3n) is 3.70. The van der Waals surface area contributed by atoms with Crippen molar-refractivity contribution in [2.75, 3.05) is 12.4 Å². The van der Waals surface area contributed by atoms with Gasteiger partial charge in [0, 0.05) is 24.2 Å². The van der Waals surface area contributed by atoms with Crippen LogP contribution in [0.1, 0.15) is 26.3 Å². The molecule has 0 aromatic heterocycles. The molecule has 114 valence electrons. The van der Waals surface area contributed by atoms with Crippen LogP contribution < -0.4 is 5.32 Å². The number of rotatable bonds is 3. The lowest BCUT2D eigenvalue weighted by atomic mass is 10.1. The first kappa shape index (κ1) is 14.6. The van der Waals surface area contributed by atoms with Crippen LogP contribution in [0.5, 0.6) is 0 Å². The minimum Gasteiger partial charge on any atom is -0.383 e. The number of fused-ring (bicyclic) bond motifs is 1. The van der Waals surface area contributed by atoms with Crippen LogP contribution in [0.25, 0.3) is 6.08 Å². The molecule has 2 aromatic rings. The van der Waals surface area contributed by atoms with Gasteiger partial charge in [0.1, 0.15) is 5.69 Å². The van der Waals surface area contributed by atoms with Gasteiger partial charge >= 0.3 is 0 Å². The molecule has 0 bridgehead atoms. The van der Waals surface area contributed by atoms with Gasteiger partial charge < -0.3 is 5.32 Å². The molecule has 0 fully saturated rings. The Hall–Kier alpha value is -3.28. The molecule has 6 nitrogen and oxygen atoms in total. The van der Waals surface area contributed by atoms with E-state index in [4.69, 9.17) is 0 Å². The van der Waals surface area contributed by atoms with Gasteiger partial charge in [-0.05, 0) is 17.7 Å². The van der Waals surface area contributed by atoms with Crippen LogP contribution >= 0.6 is 0 Å². The van der Waals surface area contributed by atoms with Gasteiger partial charge in [-0.2, -0.15) is 0 Å². The van der Waals surface area contributed by atoms with Crippen molar-refractivity contribution < 1.29 is 14.5 Å². The largest absolute Gasteiger partial charge is 0.383 e. The average Bonchev–Trinajstić information content (AvgIpc) is 2.80. The Labute approximate surface area is 131 Å². The predicted molar refractivity (Wildman–Crippen MR) is 85.7 cm³/mol. The molecule has 3 rings (SSSR count). The molecule has 1 N–H and O–H groups in total. The third kappa shape index (κ3) is 2.40. The highest BCUT2D eigenvalue weighted by Crippen LogP contribution is 2.30. The van der Waals surface area contributed by atoms with E-state index < -0.39 is 4.92 Å². The molecule has 0 spiro atoms. The monoisotopic (exact) mass is 308 g/mol. The summed E-state index contributed by atoms with van der Waals surface area (Å²) < 4.78 is 0. The molecule has 1 aliphatic carbocycles. The summed E-state index contributed by atoms with van der Waals surface area (Å²) in [4.78, 5) is 35.2. The van der Waals surface area contributed by atoms with Crippen LogP contribution in [0.15, 0.2) is 48.0 Å². The molecule has 6 heteroatoms.